The summed E-state index contributed by atoms with van der Waals surface area (Å²) in [6.45, 7) is 8.49. The molecule has 2 rings (SSSR count). The maximum atomic E-state index is 12.0. The molecular formula is C11H17N5O. The molecule has 0 radical (unpaired) electrons. The summed E-state index contributed by atoms with van der Waals surface area (Å²) in [6.07, 6.45) is 0. The molecule has 0 aliphatic rings. The third-order valence-electron chi connectivity index (χ3n) is 2.66. The zero-order valence-corrected chi connectivity index (χ0v) is 10.5. The molecule has 0 saturated carbocycles. The smallest absolute Gasteiger partial charge is 0.264 e. The average Bonchev–Trinajstić information content (AvgIpc) is 2.54. The number of nitrogens with two attached hydrogens (primary N) is 1. The lowest BCUT2D eigenvalue weighted by atomic mass is 9.96. The van der Waals surface area contributed by atoms with Crippen LogP contribution in [0.3, 0.4) is 0 Å². The number of fused-ring (bicyclic) bond motifs is 1. The highest BCUT2D eigenvalue weighted by molar-refractivity contribution is 5.85. The highest BCUT2D eigenvalue weighted by atomic mass is 16.1. The van der Waals surface area contributed by atoms with E-state index in [0.29, 0.717) is 29.2 Å². The number of hydrogen-bond donors (Lipinski definition) is 2. The van der Waals surface area contributed by atoms with Crippen molar-refractivity contribution in [3.63, 3.8) is 0 Å². The summed E-state index contributed by atoms with van der Waals surface area (Å²) in [5.74, 6) is 0.993. The Morgan fingerprint density at radius 1 is 1.41 bits per heavy atom. The number of rotatable bonds is 1. The van der Waals surface area contributed by atoms with E-state index in [-0.39, 0.29) is 11.0 Å². The van der Waals surface area contributed by atoms with Gasteiger partial charge >= 0.3 is 0 Å². The second-order valence-electron chi connectivity index (χ2n) is 5.06. The maximum absolute atomic E-state index is 12.0. The average molecular weight is 235 g/mol. The topological polar surface area (TPSA) is 89.6 Å². The quantitative estimate of drug-likeness (QED) is 0.772. The number of nitrogens with one attached hydrogen (secondary N) is 1. The summed E-state index contributed by atoms with van der Waals surface area (Å²) >= 11 is 0. The second-order valence-corrected chi connectivity index (χ2v) is 5.06. The monoisotopic (exact) mass is 235 g/mol. The fourth-order valence-electron chi connectivity index (χ4n) is 1.66. The molecule has 6 nitrogen and oxygen atoms in total. The van der Waals surface area contributed by atoms with Crippen molar-refractivity contribution in [2.75, 3.05) is 5.73 Å². The Morgan fingerprint density at radius 2 is 2.06 bits per heavy atom. The third kappa shape index (κ3) is 1.79. The van der Waals surface area contributed by atoms with Gasteiger partial charge in [0.15, 0.2) is 5.65 Å². The predicted octanol–water partition coefficient (Wildman–Crippen LogP) is 1.02. The summed E-state index contributed by atoms with van der Waals surface area (Å²) < 4.78 is 1.58. The summed E-state index contributed by atoms with van der Waals surface area (Å²) in [4.78, 5) is 19.1. The molecule has 0 aliphatic heterocycles. The molecule has 3 N–H and O–H groups in total. The fourth-order valence-corrected chi connectivity index (χ4v) is 1.66. The maximum Gasteiger partial charge on any atom is 0.264 e. The molecule has 2 aromatic heterocycles. The number of nitrogen functional groups attached to an aromatic ring is 1. The zero-order chi connectivity index (χ0) is 12.8. The van der Waals surface area contributed by atoms with Crippen LogP contribution in [0.5, 0.6) is 0 Å². The number of aromatic nitrogens is 4. The van der Waals surface area contributed by atoms with Crippen LogP contribution in [0.2, 0.25) is 0 Å². The molecule has 2 aromatic rings. The van der Waals surface area contributed by atoms with Crippen LogP contribution in [0.25, 0.3) is 11.0 Å². The molecule has 0 bridgehead atoms. The molecule has 0 atom stereocenters. The lowest BCUT2D eigenvalue weighted by Gasteiger charge is -2.16. The highest BCUT2D eigenvalue weighted by Crippen LogP contribution is 2.20. The molecule has 17 heavy (non-hydrogen) atoms. The lowest BCUT2D eigenvalue weighted by Crippen LogP contribution is -2.22. The van der Waals surface area contributed by atoms with Gasteiger partial charge in [-0.05, 0) is 6.92 Å². The Hall–Kier alpha value is -1.85. The molecule has 0 amide bonds. The first-order chi connectivity index (χ1) is 7.84. The van der Waals surface area contributed by atoms with Crippen molar-refractivity contribution in [2.24, 2.45) is 0 Å². The Bertz CT molecular complexity index is 617. The number of hydrogen-bond acceptors (Lipinski definition) is 4. The predicted molar refractivity (Wildman–Crippen MR) is 66.9 cm³/mol. The van der Waals surface area contributed by atoms with Crippen molar-refractivity contribution in [3.8, 4) is 0 Å². The van der Waals surface area contributed by atoms with Crippen molar-refractivity contribution in [1.82, 2.24) is 19.7 Å². The van der Waals surface area contributed by atoms with Crippen molar-refractivity contribution in [3.05, 3.63) is 16.2 Å². The van der Waals surface area contributed by atoms with Crippen molar-refractivity contribution in [1.29, 1.82) is 0 Å². The molecule has 0 aromatic carbocycles. The molecule has 2 heterocycles. The van der Waals surface area contributed by atoms with Gasteiger partial charge in [-0.1, -0.05) is 20.8 Å². The Labute approximate surface area is 98.9 Å². The Morgan fingerprint density at radius 3 is 2.59 bits per heavy atom. The summed E-state index contributed by atoms with van der Waals surface area (Å²) in [6, 6.07) is 0. The van der Waals surface area contributed by atoms with Crippen LogP contribution in [-0.2, 0) is 12.0 Å². The number of anilines is 1. The van der Waals surface area contributed by atoms with E-state index < -0.39 is 0 Å². The number of H-pyrrole nitrogens is 1. The van der Waals surface area contributed by atoms with E-state index in [1.165, 1.54) is 0 Å². The van der Waals surface area contributed by atoms with Crippen LogP contribution < -0.4 is 11.3 Å². The molecule has 0 spiro atoms. The van der Waals surface area contributed by atoms with Crippen molar-refractivity contribution >= 4 is 16.9 Å². The molecule has 0 saturated heterocycles. The minimum Gasteiger partial charge on any atom is -0.383 e. The van der Waals surface area contributed by atoms with Gasteiger partial charge in [-0.15, -0.1) is 0 Å². The summed E-state index contributed by atoms with van der Waals surface area (Å²) in [7, 11) is 0. The van der Waals surface area contributed by atoms with E-state index in [4.69, 9.17) is 5.73 Å². The first kappa shape index (κ1) is 11.6. The van der Waals surface area contributed by atoms with Crippen molar-refractivity contribution < 1.29 is 0 Å². The van der Waals surface area contributed by atoms with Crippen LogP contribution in [0, 0.1) is 0 Å². The van der Waals surface area contributed by atoms with E-state index in [1.807, 2.05) is 27.7 Å². The van der Waals surface area contributed by atoms with Crippen LogP contribution in [0.1, 0.15) is 33.5 Å². The van der Waals surface area contributed by atoms with Gasteiger partial charge < -0.3 is 10.7 Å². The van der Waals surface area contributed by atoms with Crippen molar-refractivity contribution in [2.45, 2.75) is 39.7 Å². The van der Waals surface area contributed by atoms with E-state index >= 15 is 0 Å². The molecule has 6 heteroatoms. The molecule has 0 unspecified atom stereocenters. The van der Waals surface area contributed by atoms with Gasteiger partial charge in [0.2, 0.25) is 0 Å². The highest BCUT2D eigenvalue weighted by Gasteiger charge is 2.20. The molecule has 0 aliphatic carbocycles. The summed E-state index contributed by atoms with van der Waals surface area (Å²) in [5.41, 5.74) is 5.82. The van der Waals surface area contributed by atoms with Crippen LogP contribution >= 0.6 is 0 Å². The van der Waals surface area contributed by atoms with Gasteiger partial charge in [0, 0.05) is 12.0 Å². The first-order valence-corrected chi connectivity index (χ1v) is 5.61. The van der Waals surface area contributed by atoms with Gasteiger partial charge in [0.25, 0.3) is 5.56 Å². The van der Waals surface area contributed by atoms with Gasteiger partial charge in [-0.2, -0.15) is 5.10 Å². The number of aryl methyl sites for hydroxylation is 1. The van der Waals surface area contributed by atoms with Gasteiger partial charge in [0.1, 0.15) is 17.0 Å². The standard InChI is InChI=1S/C11H17N5O/c1-5-16-7(12)6-8(15-16)13-10(11(2,3)4)14-9(6)17/h5,12H2,1-4H3,(H,13,14,15,17). The van der Waals surface area contributed by atoms with Crippen LogP contribution in [-0.4, -0.2) is 19.7 Å². The number of aromatic amines is 1. The Balaban J connectivity index is 2.80. The lowest BCUT2D eigenvalue weighted by molar-refractivity contribution is 0.545. The molecular weight excluding hydrogens is 218 g/mol. The SMILES string of the molecule is CCn1nc2nc(C(C)(C)C)[nH]c(=O)c2c1N. The fraction of sp³-hybridized carbons (Fsp3) is 0.545. The van der Waals surface area contributed by atoms with E-state index in [2.05, 4.69) is 15.1 Å². The molecule has 92 valence electrons. The minimum atomic E-state index is -0.225. The normalized spacial score (nSPS) is 12.2. The van der Waals surface area contributed by atoms with Gasteiger partial charge in [-0.3, -0.25) is 4.79 Å². The van der Waals surface area contributed by atoms with Gasteiger partial charge in [0.05, 0.1) is 0 Å². The van der Waals surface area contributed by atoms with E-state index in [9.17, 15) is 4.79 Å². The Kier molecular flexibility index (Phi) is 2.45. The first-order valence-electron chi connectivity index (χ1n) is 5.61. The van der Waals surface area contributed by atoms with E-state index in [0.717, 1.165) is 0 Å². The largest absolute Gasteiger partial charge is 0.383 e. The zero-order valence-electron chi connectivity index (χ0n) is 10.5. The minimum absolute atomic E-state index is 0.224. The molecule has 0 fully saturated rings. The van der Waals surface area contributed by atoms with E-state index in [1.54, 1.807) is 4.68 Å². The number of nitrogens with zero attached hydrogens (tertiary/aromatic N) is 3. The van der Waals surface area contributed by atoms with Crippen LogP contribution in [0.15, 0.2) is 4.79 Å². The van der Waals surface area contributed by atoms with Gasteiger partial charge in [-0.25, -0.2) is 9.67 Å². The second kappa shape index (κ2) is 3.58. The summed E-state index contributed by atoms with van der Waals surface area (Å²) in [5, 5.41) is 4.60. The third-order valence-corrected chi connectivity index (χ3v) is 2.66. The van der Waals surface area contributed by atoms with Crippen LogP contribution in [0.4, 0.5) is 5.82 Å².